The van der Waals surface area contributed by atoms with Gasteiger partial charge in [0.2, 0.25) is 0 Å². The van der Waals surface area contributed by atoms with Gasteiger partial charge in [-0.25, -0.2) is 0 Å². The molecule has 0 aliphatic carbocycles. The van der Waals surface area contributed by atoms with Gasteiger partial charge < -0.3 is 14.6 Å². The van der Waals surface area contributed by atoms with Crippen molar-refractivity contribution in [2.45, 2.75) is 19.6 Å². The molecule has 5 nitrogen and oxygen atoms in total. The molecule has 1 aromatic heterocycles. The van der Waals surface area contributed by atoms with E-state index in [0.717, 1.165) is 4.47 Å². The Morgan fingerprint density at radius 1 is 1.69 bits per heavy atom. The van der Waals surface area contributed by atoms with E-state index in [0.29, 0.717) is 18.8 Å². The first-order chi connectivity index (χ1) is 7.56. The minimum atomic E-state index is -0.339. The van der Waals surface area contributed by atoms with E-state index in [4.69, 9.17) is 4.74 Å². The predicted octanol–water partition coefficient (Wildman–Crippen LogP) is 0.926. The number of esters is 1. The average molecular weight is 287 g/mol. The highest BCUT2D eigenvalue weighted by atomic mass is 79.9. The molecule has 1 atom stereocenters. The highest BCUT2D eigenvalue weighted by molar-refractivity contribution is 9.10. The van der Waals surface area contributed by atoms with Crippen molar-refractivity contribution in [3.8, 4) is 0 Å². The highest BCUT2D eigenvalue weighted by Gasteiger charge is 2.23. The second-order valence-electron chi connectivity index (χ2n) is 3.64. The first-order valence-electron chi connectivity index (χ1n) is 4.87. The van der Waals surface area contributed by atoms with E-state index >= 15 is 0 Å². The summed E-state index contributed by atoms with van der Waals surface area (Å²) < 4.78 is 7.71. The minimum Gasteiger partial charge on any atom is -0.459 e. The van der Waals surface area contributed by atoms with Crippen LogP contribution in [0.1, 0.15) is 17.4 Å². The number of hydrogen-bond donors (Lipinski definition) is 1. The normalized spacial score (nSPS) is 19.6. The van der Waals surface area contributed by atoms with Crippen molar-refractivity contribution in [2.75, 3.05) is 6.54 Å². The lowest BCUT2D eigenvalue weighted by Gasteiger charge is -2.14. The molecular formula is C10H11BrN2O3. The number of halogens is 1. The Labute approximate surface area is 101 Å². The maximum atomic E-state index is 11.7. The van der Waals surface area contributed by atoms with Crippen molar-refractivity contribution in [1.82, 2.24) is 9.88 Å². The molecule has 0 bridgehead atoms. The molecule has 0 spiro atoms. The molecule has 6 heteroatoms. The molecule has 0 fully saturated rings. The van der Waals surface area contributed by atoms with Crippen LogP contribution in [-0.4, -0.2) is 29.1 Å². The van der Waals surface area contributed by atoms with Crippen LogP contribution in [0.15, 0.2) is 16.7 Å². The summed E-state index contributed by atoms with van der Waals surface area (Å²) in [5.41, 5.74) is 0.571. The van der Waals surface area contributed by atoms with Crippen molar-refractivity contribution in [2.24, 2.45) is 0 Å². The number of hydrogen-bond acceptors (Lipinski definition) is 3. The molecular weight excluding hydrogens is 276 g/mol. The summed E-state index contributed by atoms with van der Waals surface area (Å²) in [6, 6.07) is 1.74. The molecule has 1 amide bonds. The van der Waals surface area contributed by atoms with E-state index in [1.807, 2.05) is 0 Å². The lowest BCUT2D eigenvalue weighted by atomic mass is 10.3. The van der Waals surface area contributed by atoms with Crippen LogP contribution in [-0.2, 0) is 16.1 Å². The van der Waals surface area contributed by atoms with Gasteiger partial charge in [0.1, 0.15) is 11.8 Å². The number of nitrogens with zero attached hydrogens (tertiary/aromatic N) is 1. The predicted molar refractivity (Wildman–Crippen MR) is 60.0 cm³/mol. The van der Waals surface area contributed by atoms with E-state index in [-0.39, 0.29) is 18.0 Å². The number of aromatic nitrogens is 1. The molecule has 1 N–H and O–H groups in total. The molecule has 0 saturated heterocycles. The molecule has 16 heavy (non-hydrogen) atoms. The number of fused-ring (bicyclic) bond motifs is 1. The van der Waals surface area contributed by atoms with Crippen molar-refractivity contribution in [3.05, 3.63) is 22.4 Å². The van der Waals surface area contributed by atoms with Gasteiger partial charge in [-0.3, -0.25) is 9.59 Å². The van der Waals surface area contributed by atoms with E-state index in [9.17, 15) is 9.59 Å². The zero-order valence-corrected chi connectivity index (χ0v) is 10.3. The Morgan fingerprint density at radius 3 is 3.12 bits per heavy atom. The zero-order chi connectivity index (χ0) is 11.7. The van der Waals surface area contributed by atoms with E-state index in [1.54, 1.807) is 16.8 Å². The third-order valence-electron chi connectivity index (χ3n) is 2.32. The fourth-order valence-corrected chi connectivity index (χ4v) is 2.17. The molecule has 0 unspecified atom stereocenters. The van der Waals surface area contributed by atoms with Gasteiger partial charge in [0.25, 0.3) is 5.91 Å². The fourth-order valence-electron chi connectivity index (χ4n) is 1.71. The van der Waals surface area contributed by atoms with Gasteiger partial charge in [-0.05, 0) is 22.0 Å². The second kappa shape index (κ2) is 4.29. The number of amides is 1. The SMILES string of the molecule is CC(=O)O[C@@H]1CNC(=O)c2cc(Br)cn2C1. The largest absolute Gasteiger partial charge is 0.459 e. The van der Waals surface area contributed by atoms with Crippen molar-refractivity contribution >= 4 is 27.8 Å². The molecule has 0 aromatic carbocycles. The van der Waals surface area contributed by atoms with Crippen molar-refractivity contribution in [3.63, 3.8) is 0 Å². The summed E-state index contributed by atoms with van der Waals surface area (Å²) in [7, 11) is 0. The lowest BCUT2D eigenvalue weighted by Crippen LogP contribution is -2.32. The second-order valence-corrected chi connectivity index (χ2v) is 4.55. The van der Waals surface area contributed by atoms with Crippen LogP contribution in [0.2, 0.25) is 0 Å². The van der Waals surface area contributed by atoms with Gasteiger partial charge in [0.05, 0.1) is 13.1 Å². The van der Waals surface area contributed by atoms with Crippen LogP contribution in [0.3, 0.4) is 0 Å². The lowest BCUT2D eigenvalue weighted by molar-refractivity contribution is -0.146. The Kier molecular flexibility index (Phi) is 3.00. The minimum absolute atomic E-state index is 0.152. The van der Waals surface area contributed by atoms with Crippen LogP contribution in [0, 0.1) is 0 Å². The van der Waals surface area contributed by atoms with Crippen molar-refractivity contribution < 1.29 is 14.3 Å². The average Bonchev–Trinajstić information content (AvgIpc) is 2.48. The highest BCUT2D eigenvalue weighted by Crippen LogP contribution is 2.17. The Morgan fingerprint density at radius 2 is 2.44 bits per heavy atom. The van der Waals surface area contributed by atoms with Crippen LogP contribution in [0.5, 0.6) is 0 Å². The quantitative estimate of drug-likeness (QED) is 0.782. The Bertz CT molecular complexity index is 441. The molecule has 2 rings (SSSR count). The number of nitrogens with one attached hydrogen (secondary N) is 1. The van der Waals surface area contributed by atoms with Crippen LogP contribution in [0.25, 0.3) is 0 Å². The van der Waals surface area contributed by atoms with Crippen LogP contribution < -0.4 is 5.32 Å². The maximum absolute atomic E-state index is 11.7. The zero-order valence-electron chi connectivity index (χ0n) is 8.70. The van der Waals surface area contributed by atoms with Gasteiger partial charge in [-0.1, -0.05) is 0 Å². The van der Waals surface area contributed by atoms with Gasteiger partial charge in [0.15, 0.2) is 0 Å². The number of carbonyl (C=O) groups excluding carboxylic acids is 2. The molecule has 1 aliphatic heterocycles. The Balaban J connectivity index is 2.23. The van der Waals surface area contributed by atoms with Crippen molar-refractivity contribution in [1.29, 1.82) is 0 Å². The number of rotatable bonds is 1. The summed E-state index contributed by atoms with van der Waals surface area (Å²) >= 11 is 3.31. The third kappa shape index (κ3) is 2.27. The molecule has 1 aromatic rings. The third-order valence-corrected chi connectivity index (χ3v) is 2.75. The first-order valence-corrected chi connectivity index (χ1v) is 5.66. The summed E-state index contributed by atoms with van der Waals surface area (Å²) in [4.78, 5) is 22.5. The molecule has 0 radical (unpaired) electrons. The van der Waals surface area contributed by atoms with Gasteiger partial charge in [0, 0.05) is 17.6 Å². The van der Waals surface area contributed by atoms with Gasteiger partial charge in [-0.2, -0.15) is 0 Å². The molecule has 86 valence electrons. The van der Waals surface area contributed by atoms with E-state index in [1.165, 1.54) is 6.92 Å². The molecule has 2 heterocycles. The maximum Gasteiger partial charge on any atom is 0.303 e. The number of carbonyl (C=O) groups is 2. The summed E-state index contributed by atoms with van der Waals surface area (Å²) in [6.45, 7) is 2.19. The molecule has 1 aliphatic rings. The molecule has 0 saturated carbocycles. The summed E-state index contributed by atoms with van der Waals surface area (Å²) in [5, 5.41) is 2.71. The van der Waals surface area contributed by atoms with Gasteiger partial charge in [-0.15, -0.1) is 0 Å². The number of ether oxygens (including phenoxy) is 1. The Hall–Kier alpha value is -1.30. The topological polar surface area (TPSA) is 60.3 Å². The fraction of sp³-hybridized carbons (Fsp3) is 0.400. The van der Waals surface area contributed by atoms with E-state index < -0.39 is 0 Å². The van der Waals surface area contributed by atoms with Crippen LogP contribution in [0.4, 0.5) is 0 Å². The first kappa shape index (κ1) is 11.2. The smallest absolute Gasteiger partial charge is 0.303 e. The summed E-state index contributed by atoms with van der Waals surface area (Å²) in [6.07, 6.45) is 1.48. The van der Waals surface area contributed by atoms with Gasteiger partial charge >= 0.3 is 5.97 Å². The monoisotopic (exact) mass is 286 g/mol. The summed E-state index contributed by atoms with van der Waals surface area (Å²) in [5.74, 6) is -0.491. The standard InChI is InChI=1S/C10H11BrN2O3/c1-6(14)16-8-3-12-10(15)9-2-7(11)4-13(9)5-8/h2,4,8H,3,5H2,1H3,(H,12,15)/t8-/m1/s1. The van der Waals surface area contributed by atoms with E-state index in [2.05, 4.69) is 21.2 Å². The van der Waals surface area contributed by atoms with Crippen LogP contribution >= 0.6 is 15.9 Å².